The molecule has 1 aliphatic rings. The number of benzene rings is 1. The summed E-state index contributed by atoms with van der Waals surface area (Å²) in [5.41, 5.74) is 5.97. The van der Waals surface area contributed by atoms with Crippen molar-refractivity contribution in [2.45, 2.75) is 49.5 Å². The van der Waals surface area contributed by atoms with E-state index in [9.17, 15) is 8.42 Å². The minimum atomic E-state index is -3.82. The number of ether oxygens (including phenoxy) is 1. The lowest BCUT2D eigenvalue weighted by atomic mass is 10.1. The molecular formula is C13H20N2O3S. The van der Waals surface area contributed by atoms with Crippen molar-refractivity contribution in [3.8, 4) is 5.75 Å². The van der Waals surface area contributed by atoms with Gasteiger partial charge in [0.25, 0.3) is 0 Å². The van der Waals surface area contributed by atoms with Gasteiger partial charge < -0.3 is 10.5 Å². The normalized spacial score (nSPS) is 17.9. The second-order valence-corrected chi connectivity index (χ2v) is 6.51. The van der Waals surface area contributed by atoms with E-state index in [2.05, 4.69) is 0 Å². The highest BCUT2D eigenvalue weighted by molar-refractivity contribution is 7.89. The Balaban J connectivity index is 2.24. The Morgan fingerprint density at radius 3 is 2.32 bits per heavy atom. The summed E-state index contributed by atoms with van der Waals surface area (Å²) in [7, 11) is -3.82. The summed E-state index contributed by atoms with van der Waals surface area (Å²) >= 11 is 0. The predicted octanol–water partition coefficient (Wildman–Crippen LogP) is 2.02. The van der Waals surface area contributed by atoms with E-state index in [0.717, 1.165) is 25.7 Å². The second kappa shape index (κ2) is 5.79. The van der Waals surface area contributed by atoms with Crippen LogP contribution < -0.4 is 15.6 Å². The van der Waals surface area contributed by atoms with Gasteiger partial charge in [-0.1, -0.05) is 12.8 Å². The fraction of sp³-hybridized carbons (Fsp3) is 0.538. The van der Waals surface area contributed by atoms with Gasteiger partial charge in [-0.25, -0.2) is 13.6 Å². The molecule has 0 aliphatic heterocycles. The van der Waals surface area contributed by atoms with Crippen molar-refractivity contribution in [2.75, 3.05) is 5.73 Å². The molecule has 0 saturated heterocycles. The van der Waals surface area contributed by atoms with Crippen LogP contribution in [0.5, 0.6) is 5.75 Å². The maximum absolute atomic E-state index is 11.6. The topological polar surface area (TPSA) is 95.4 Å². The predicted molar refractivity (Wildman–Crippen MR) is 74.3 cm³/mol. The van der Waals surface area contributed by atoms with E-state index in [1.807, 2.05) is 0 Å². The number of anilines is 1. The fourth-order valence-corrected chi connectivity index (χ4v) is 3.08. The van der Waals surface area contributed by atoms with Crippen LogP contribution in [0, 0.1) is 0 Å². The van der Waals surface area contributed by atoms with Gasteiger partial charge in [0, 0.05) is 5.69 Å². The van der Waals surface area contributed by atoms with Crippen molar-refractivity contribution >= 4 is 15.7 Å². The Hall–Kier alpha value is -1.27. The number of rotatable bonds is 3. The molecular weight excluding hydrogens is 264 g/mol. The lowest BCUT2D eigenvalue weighted by Gasteiger charge is -2.19. The Labute approximate surface area is 114 Å². The molecule has 0 unspecified atom stereocenters. The van der Waals surface area contributed by atoms with E-state index in [0.29, 0.717) is 11.4 Å². The zero-order chi connectivity index (χ0) is 13.9. The third-order valence-corrected chi connectivity index (χ3v) is 4.30. The number of sulfonamides is 1. The monoisotopic (exact) mass is 284 g/mol. The first-order valence-electron chi connectivity index (χ1n) is 6.56. The van der Waals surface area contributed by atoms with Gasteiger partial charge in [0.05, 0.1) is 6.10 Å². The standard InChI is InChI=1S/C13H20N2O3S/c14-10-7-8-12(13(9-10)19(15,16)17)18-11-5-3-1-2-4-6-11/h7-9,11H,1-6,14H2,(H2,15,16,17). The van der Waals surface area contributed by atoms with E-state index >= 15 is 0 Å². The molecule has 1 saturated carbocycles. The van der Waals surface area contributed by atoms with Gasteiger partial charge >= 0.3 is 0 Å². The molecule has 4 N–H and O–H groups in total. The molecule has 1 aliphatic carbocycles. The summed E-state index contributed by atoms with van der Waals surface area (Å²) in [6.07, 6.45) is 6.62. The summed E-state index contributed by atoms with van der Waals surface area (Å²) in [5.74, 6) is 0.309. The van der Waals surface area contributed by atoms with Crippen molar-refractivity contribution in [1.29, 1.82) is 0 Å². The van der Waals surface area contributed by atoms with Crippen LogP contribution in [-0.2, 0) is 10.0 Å². The molecule has 2 rings (SSSR count). The van der Waals surface area contributed by atoms with Crippen LogP contribution in [0.4, 0.5) is 5.69 Å². The van der Waals surface area contributed by atoms with E-state index in [-0.39, 0.29) is 11.0 Å². The zero-order valence-corrected chi connectivity index (χ0v) is 11.7. The second-order valence-electron chi connectivity index (χ2n) is 4.98. The summed E-state index contributed by atoms with van der Waals surface area (Å²) in [6.45, 7) is 0. The molecule has 1 aromatic carbocycles. The van der Waals surface area contributed by atoms with Gasteiger partial charge in [0.2, 0.25) is 10.0 Å². The third kappa shape index (κ3) is 3.84. The zero-order valence-electron chi connectivity index (χ0n) is 10.8. The lowest BCUT2D eigenvalue weighted by molar-refractivity contribution is 0.179. The maximum atomic E-state index is 11.6. The first-order chi connectivity index (χ1) is 8.97. The molecule has 19 heavy (non-hydrogen) atoms. The van der Waals surface area contributed by atoms with Crippen LogP contribution in [0.2, 0.25) is 0 Å². The third-order valence-electron chi connectivity index (χ3n) is 3.37. The molecule has 0 atom stereocenters. The Bertz CT molecular complexity index is 535. The minimum Gasteiger partial charge on any atom is -0.489 e. The van der Waals surface area contributed by atoms with Gasteiger partial charge in [-0.15, -0.1) is 0 Å². The molecule has 1 fully saturated rings. The van der Waals surface area contributed by atoms with Gasteiger partial charge in [-0.2, -0.15) is 0 Å². The van der Waals surface area contributed by atoms with Crippen LogP contribution in [0.25, 0.3) is 0 Å². The lowest BCUT2D eigenvalue weighted by Crippen LogP contribution is -2.19. The van der Waals surface area contributed by atoms with Crippen LogP contribution in [-0.4, -0.2) is 14.5 Å². The number of nitrogens with two attached hydrogens (primary N) is 2. The smallest absolute Gasteiger partial charge is 0.241 e. The van der Waals surface area contributed by atoms with Crippen molar-refractivity contribution in [1.82, 2.24) is 0 Å². The molecule has 5 nitrogen and oxygen atoms in total. The van der Waals surface area contributed by atoms with Gasteiger partial charge in [0.1, 0.15) is 10.6 Å². The van der Waals surface area contributed by atoms with E-state index in [1.54, 1.807) is 12.1 Å². The molecule has 0 spiro atoms. The van der Waals surface area contributed by atoms with Gasteiger partial charge in [-0.05, 0) is 43.9 Å². The highest BCUT2D eigenvalue weighted by Crippen LogP contribution is 2.29. The van der Waals surface area contributed by atoms with E-state index < -0.39 is 10.0 Å². The SMILES string of the molecule is Nc1ccc(OC2CCCCCC2)c(S(N)(=O)=O)c1. The quantitative estimate of drug-likeness (QED) is 0.655. The van der Waals surface area contributed by atoms with Crippen LogP contribution in [0.1, 0.15) is 38.5 Å². The molecule has 0 aromatic heterocycles. The molecule has 0 amide bonds. The van der Waals surface area contributed by atoms with E-state index in [4.69, 9.17) is 15.6 Å². The highest BCUT2D eigenvalue weighted by atomic mass is 32.2. The minimum absolute atomic E-state index is 0.0308. The van der Waals surface area contributed by atoms with Crippen LogP contribution >= 0.6 is 0 Å². The number of hydrogen-bond donors (Lipinski definition) is 2. The average Bonchev–Trinajstić information content (AvgIpc) is 2.59. The van der Waals surface area contributed by atoms with Crippen LogP contribution in [0.15, 0.2) is 23.1 Å². The molecule has 6 heteroatoms. The van der Waals surface area contributed by atoms with Crippen LogP contribution in [0.3, 0.4) is 0 Å². The average molecular weight is 284 g/mol. The molecule has 106 valence electrons. The maximum Gasteiger partial charge on any atom is 0.241 e. The Kier molecular flexibility index (Phi) is 4.31. The Morgan fingerprint density at radius 1 is 1.11 bits per heavy atom. The van der Waals surface area contributed by atoms with Gasteiger partial charge in [-0.3, -0.25) is 0 Å². The first kappa shape index (κ1) is 14.1. The molecule has 1 aromatic rings. The van der Waals surface area contributed by atoms with Crippen molar-refractivity contribution in [3.05, 3.63) is 18.2 Å². The summed E-state index contributed by atoms with van der Waals surface area (Å²) < 4.78 is 28.9. The van der Waals surface area contributed by atoms with Crippen molar-refractivity contribution in [2.24, 2.45) is 5.14 Å². The fourth-order valence-electron chi connectivity index (χ4n) is 2.38. The number of nitrogen functional groups attached to an aromatic ring is 1. The summed E-state index contributed by atoms with van der Waals surface area (Å²) in [6, 6.07) is 4.56. The highest BCUT2D eigenvalue weighted by Gasteiger charge is 2.20. The Morgan fingerprint density at radius 2 is 1.74 bits per heavy atom. The molecule has 0 radical (unpaired) electrons. The van der Waals surface area contributed by atoms with Crippen molar-refractivity contribution in [3.63, 3.8) is 0 Å². The summed E-state index contributed by atoms with van der Waals surface area (Å²) in [4.78, 5) is -0.0308. The largest absolute Gasteiger partial charge is 0.489 e. The van der Waals surface area contributed by atoms with E-state index in [1.165, 1.54) is 18.9 Å². The van der Waals surface area contributed by atoms with Gasteiger partial charge in [0.15, 0.2) is 0 Å². The molecule has 0 bridgehead atoms. The number of hydrogen-bond acceptors (Lipinski definition) is 4. The first-order valence-corrected chi connectivity index (χ1v) is 8.10. The van der Waals surface area contributed by atoms with Crippen molar-refractivity contribution < 1.29 is 13.2 Å². The number of primary sulfonamides is 1. The molecule has 0 heterocycles. The summed E-state index contributed by atoms with van der Waals surface area (Å²) in [5, 5.41) is 5.20.